The van der Waals surface area contributed by atoms with E-state index in [0.717, 1.165) is 43.5 Å². The molecular weight excluding hydrogens is 366 g/mol. The lowest BCUT2D eigenvalue weighted by Crippen LogP contribution is -2.40. The minimum atomic E-state index is -0.0925. The Kier molecular flexibility index (Phi) is 10.3. The molecule has 1 aromatic carbocycles. The van der Waals surface area contributed by atoms with Crippen LogP contribution in [0.3, 0.4) is 0 Å². The van der Waals surface area contributed by atoms with Gasteiger partial charge < -0.3 is 25.6 Å². The highest BCUT2D eigenvalue weighted by atomic mass is 16.5. The molecule has 0 aromatic heterocycles. The maximum atomic E-state index is 11.2. The molecule has 3 N–H and O–H groups in total. The van der Waals surface area contributed by atoms with E-state index in [0.29, 0.717) is 19.2 Å². The molecule has 1 aliphatic rings. The number of hydrogen-bond acceptors (Lipinski definition) is 4. The van der Waals surface area contributed by atoms with Gasteiger partial charge in [-0.2, -0.15) is 0 Å². The van der Waals surface area contributed by atoms with Crippen molar-refractivity contribution in [2.24, 2.45) is 4.99 Å². The Bertz CT molecular complexity index is 650. The summed E-state index contributed by atoms with van der Waals surface area (Å²) < 4.78 is 5.77. The van der Waals surface area contributed by atoms with Gasteiger partial charge in [0, 0.05) is 44.4 Å². The minimum Gasteiger partial charge on any atom is -0.492 e. The van der Waals surface area contributed by atoms with Gasteiger partial charge in [-0.15, -0.1) is 0 Å². The van der Waals surface area contributed by atoms with Gasteiger partial charge in [-0.1, -0.05) is 12.5 Å². The van der Waals surface area contributed by atoms with Gasteiger partial charge in [0.25, 0.3) is 0 Å². The van der Waals surface area contributed by atoms with Crippen molar-refractivity contribution in [2.45, 2.75) is 52.5 Å². The molecule has 2 rings (SSSR count). The van der Waals surface area contributed by atoms with Crippen LogP contribution in [0.5, 0.6) is 5.75 Å². The SMILES string of the molecule is CCNC(=NCCCN1CCCCC1C)NCCOc1cccc(NC(C)=O)c1. The molecule has 1 saturated heterocycles. The number of amides is 1. The molecule has 1 amide bonds. The van der Waals surface area contributed by atoms with Gasteiger partial charge in [-0.25, -0.2) is 0 Å². The van der Waals surface area contributed by atoms with Crippen LogP contribution in [0.15, 0.2) is 29.3 Å². The second-order valence-electron chi connectivity index (χ2n) is 7.48. The maximum Gasteiger partial charge on any atom is 0.221 e. The molecule has 1 aromatic rings. The first kappa shape index (κ1) is 23.0. The van der Waals surface area contributed by atoms with Gasteiger partial charge in [-0.05, 0) is 51.8 Å². The summed E-state index contributed by atoms with van der Waals surface area (Å²) in [6.07, 6.45) is 5.09. The first-order valence-electron chi connectivity index (χ1n) is 10.8. The van der Waals surface area contributed by atoms with E-state index in [1.807, 2.05) is 24.3 Å². The zero-order chi connectivity index (χ0) is 20.9. The van der Waals surface area contributed by atoms with Crippen molar-refractivity contribution in [1.82, 2.24) is 15.5 Å². The first-order chi connectivity index (χ1) is 14.1. The van der Waals surface area contributed by atoms with E-state index in [4.69, 9.17) is 4.74 Å². The fourth-order valence-electron chi connectivity index (χ4n) is 3.50. The number of nitrogens with one attached hydrogen (secondary N) is 3. The van der Waals surface area contributed by atoms with Gasteiger partial charge in [0.15, 0.2) is 5.96 Å². The van der Waals surface area contributed by atoms with Crippen molar-refractivity contribution in [2.75, 3.05) is 44.6 Å². The van der Waals surface area contributed by atoms with E-state index in [9.17, 15) is 4.79 Å². The van der Waals surface area contributed by atoms with Crippen molar-refractivity contribution in [3.63, 3.8) is 0 Å². The number of hydrogen-bond donors (Lipinski definition) is 3. The van der Waals surface area contributed by atoms with E-state index in [2.05, 4.69) is 39.7 Å². The van der Waals surface area contributed by atoms with E-state index in [-0.39, 0.29) is 5.91 Å². The van der Waals surface area contributed by atoms with Gasteiger partial charge in [0.05, 0.1) is 6.54 Å². The van der Waals surface area contributed by atoms with Crippen molar-refractivity contribution >= 4 is 17.6 Å². The molecule has 0 aliphatic carbocycles. The number of benzene rings is 1. The first-order valence-corrected chi connectivity index (χ1v) is 10.8. The summed E-state index contributed by atoms with van der Waals surface area (Å²) in [5.41, 5.74) is 0.737. The average Bonchev–Trinajstić information content (AvgIpc) is 2.69. The molecule has 7 heteroatoms. The smallest absolute Gasteiger partial charge is 0.221 e. The number of rotatable bonds is 10. The van der Waals surface area contributed by atoms with Crippen LogP contribution in [0.2, 0.25) is 0 Å². The number of carbonyl (C=O) groups excluding carboxylic acids is 1. The number of anilines is 1. The third-order valence-corrected chi connectivity index (χ3v) is 4.98. The van der Waals surface area contributed by atoms with Crippen molar-refractivity contribution in [3.8, 4) is 5.75 Å². The highest BCUT2D eigenvalue weighted by molar-refractivity contribution is 5.88. The largest absolute Gasteiger partial charge is 0.492 e. The second-order valence-corrected chi connectivity index (χ2v) is 7.48. The Hall–Kier alpha value is -2.28. The summed E-state index contributed by atoms with van der Waals surface area (Å²) in [4.78, 5) is 18.4. The quantitative estimate of drug-likeness (QED) is 0.318. The summed E-state index contributed by atoms with van der Waals surface area (Å²) >= 11 is 0. The fourth-order valence-corrected chi connectivity index (χ4v) is 3.50. The zero-order valence-corrected chi connectivity index (χ0v) is 18.2. The zero-order valence-electron chi connectivity index (χ0n) is 18.2. The van der Waals surface area contributed by atoms with E-state index >= 15 is 0 Å². The normalized spacial score (nSPS) is 17.6. The molecule has 7 nitrogen and oxygen atoms in total. The van der Waals surface area contributed by atoms with Crippen LogP contribution in [-0.4, -0.2) is 62.1 Å². The van der Waals surface area contributed by atoms with E-state index in [1.165, 1.54) is 32.7 Å². The van der Waals surface area contributed by atoms with Crippen LogP contribution in [0.25, 0.3) is 0 Å². The number of likely N-dealkylation sites (tertiary alicyclic amines) is 1. The molecule has 1 heterocycles. The number of ether oxygens (including phenoxy) is 1. The van der Waals surface area contributed by atoms with Gasteiger partial charge in [0.1, 0.15) is 12.4 Å². The molecule has 1 unspecified atom stereocenters. The molecule has 0 saturated carbocycles. The number of piperidine rings is 1. The van der Waals surface area contributed by atoms with E-state index < -0.39 is 0 Å². The van der Waals surface area contributed by atoms with Crippen molar-refractivity contribution in [3.05, 3.63) is 24.3 Å². The fraction of sp³-hybridized carbons (Fsp3) is 0.636. The highest BCUT2D eigenvalue weighted by Gasteiger charge is 2.16. The van der Waals surface area contributed by atoms with Crippen molar-refractivity contribution in [1.29, 1.82) is 0 Å². The van der Waals surface area contributed by atoms with Crippen LogP contribution in [0.1, 0.15) is 46.5 Å². The lowest BCUT2D eigenvalue weighted by Gasteiger charge is -2.33. The van der Waals surface area contributed by atoms with Crippen LogP contribution in [0.4, 0.5) is 5.69 Å². The Morgan fingerprint density at radius 1 is 1.31 bits per heavy atom. The number of guanidine groups is 1. The molecule has 1 fully saturated rings. The highest BCUT2D eigenvalue weighted by Crippen LogP contribution is 2.17. The summed E-state index contributed by atoms with van der Waals surface area (Å²) in [5.74, 6) is 1.47. The Morgan fingerprint density at radius 2 is 2.17 bits per heavy atom. The molecule has 162 valence electrons. The summed E-state index contributed by atoms with van der Waals surface area (Å²) in [6, 6.07) is 8.12. The molecule has 29 heavy (non-hydrogen) atoms. The van der Waals surface area contributed by atoms with Gasteiger partial charge >= 0.3 is 0 Å². The summed E-state index contributed by atoms with van der Waals surface area (Å²) in [7, 11) is 0. The molecule has 0 bridgehead atoms. The van der Waals surface area contributed by atoms with Gasteiger partial charge in [0.2, 0.25) is 5.91 Å². The third-order valence-electron chi connectivity index (χ3n) is 4.98. The standard InChI is InChI=1S/C22H37N5O2/c1-4-23-22(24-12-8-15-27-14-6-5-9-18(27)2)25-13-16-29-21-11-7-10-20(17-21)26-19(3)28/h7,10-11,17-18H,4-6,8-9,12-16H2,1-3H3,(H,26,28)(H2,23,24,25). The second kappa shape index (κ2) is 13.0. The topological polar surface area (TPSA) is 78.0 Å². The number of nitrogens with zero attached hydrogens (tertiary/aromatic N) is 2. The van der Waals surface area contributed by atoms with Crippen LogP contribution < -0.4 is 20.7 Å². The molecule has 0 spiro atoms. The average molecular weight is 404 g/mol. The molecular formula is C22H37N5O2. The Morgan fingerprint density at radius 3 is 2.93 bits per heavy atom. The molecule has 1 aliphatic heterocycles. The Labute approximate surface area is 175 Å². The predicted molar refractivity (Wildman–Crippen MR) is 120 cm³/mol. The van der Waals surface area contributed by atoms with Gasteiger partial charge in [-0.3, -0.25) is 9.79 Å². The Balaban J connectivity index is 1.68. The summed E-state index contributed by atoms with van der Waals surface area (Å²) in [5, 5.41) is 9.36. The number of carbonyl (C=O) groups is 1. The lowest BCUT2D eigenvalue weighted by molar-refractivity contribution is -0.114. The number of aliphatic imine (C=N–C) groups is 1. The monoisotopic (exact) mass is 403 g/mol. The predicted octanol–water partition coefficient (Wildman–Crippen LogP) is 2.84. The van der Waals surface area contributed by atoms with Crippen LogP contribution in [-0.2, 0) is 4.79 Å². The molecule has 1 atom stereocenters. The third kappa shape index (κ3) is 9.17. The lowest BCUT2D eigenvalue weighted by atomic mass is 10.0. The molecule has 0 radical (unpaired) electrons. The maximum absolute atomic E-state index is 11.2. The minimum absolute atomic E-state index is 0.0925. The van der Waals surface area contributed by atoms with Crippen LogP contribution in [0, 0.1) is 0 Å². The van der Waals surface area contributed by atoms with E-state index in [1.54, 1.807) is 0 Å². The van der Waals surface area contributed by atoms with Crippen molar-refractivity contribution < 1.29 is 9.53 Å². The summed E-state index contributed by atoms with van der Waals surface area (Å²) in [6.45, 7) is 11.1. The van der Waals surface area contributed by atoms with Crippen LogP contribution >= 0.6 is 0 Å².